The molecule has 1 aromatic rings. The summed E-state index contributed by atoms with van der Waals surface area (Å²) in [6.45, 7) is 6.78. The molecule has 1 saturated carbocycles. The molecule has 3 nitrogen and oxygen atoms in total. The van der Waals surface area contributed by atoms with Crippen molar-refractivity contribution in [1.29, 1.82) is 0 Å². The molecule has 0 spiro atoms. The highest BCUT2D eigenvalue weighted by Crippen LogP contribution is 2.39. The Bertz CT molecular complexity index is 367. The van der Waals surface area contributed by atoms with E-state index in [0.29, 0.717) is 6.04 Å². The van der Waals surface area contributed by atoms with Gasteiger partial charge in [-0.05, 0) is 61.2 Å². The van der Waals surface area contributed by atoms with Gasteiger partial charge in [0.1, 0.15) is 0 Å². The summed E-state index contributed by atoms with van der Waals surface area (Å²) in [5.74, 6) is 5.95. The molecule has 0 saturated heterocycles. The fourth-order valence-electron chi connectivity index (χ4n) is 3.98. The van der Waals surface area contributed by atoms with Crippen molar-refractivity contribution in [3.05, 3.63) is 22.4 Å². The highest BCUT2D eigenvalue weighted by molar-refractivity contribution is 7.07. The minimum absolute atomic E-state index is 0.272. The zero-order valence-electron chi connectivity index (χ0n) is 12.9. The SMILES string of the molecule is CCN(CC)C1(C(CCc2ccsc2)NN)CCCC1. The molecule has 0 aromatic carbocycles. The summed E-state index contributed by atoms with van der Waals surface area (Å²) in [5, 5.41) is 4.42. The molecule has 1 atom stereocenters. The average Bonchev–Trinajstić information content (AvgIpc) is 3.13. The van der Waals surface area contributed by atoms with E-state index in [1.807, 2.05) is 0 Å². The van der Waals surface area contributed by atoms with Gasteiger partial charge in [-0.15, -0.1) is 0 Å². The first-order valence-electron chi connectivity index (χ1n) is 7.99. The Kier molecular flexibility index (Phi) is 6.02. The van der Waals surface area contributed by atoms with Crippen LogP contribution in [0.4, 0.5) is 0 Å². The Morgan fingerprint density at radius 2 is 2.05 bits per heavy atom. The third kappa shape index (κ3) is 3.25. The van der Waals surface area contributed by atoms with Gasteiger partial charge in [-0.25, -0.2) is 0 Å². The third-order valence-electron chi connectivity index (χ3n) is 5.01. The number of hydrazine groups is 1. The summed E-state index contributed by atoms with van der Waals surface area (Å²) in [6.07, 6.45) is 7.51. The molecule has 20 heavy (non-hydrogen) atoms. The van der Waals surface area contributed by atoms with E-state index in [1.165, 1.54) is 31.2 Å². The topological polar surface area (TPSA) is 41.3 Å². The molecule has 0 radical (unpaired) electrons. The summed E-state index contributed by atoms with van der Waals surface area (Å²) in [4.78, 5) is 2.64. The van der Waals surface area contributed by atoms with Crippen molar-refractivity contribution in [2.24, 2.45) is 5.84 Å². The first kappa shape index (κ1) is 16.0. The van der Waals surface area contributed by atoms with Gasteiger partial charge in [0.25, 0.3) is 0 Å². The van der Waals surface area contributed by atoms with Gasteiger partial charge in [-0.1, -0.05) is 26.7 Å². The van der Waals surface area contributed by atoms with Crippen molar-refractivity contribution in [2.75, 3.05) is 13.1 Å². The Labute approximate surface area is 127 Å². The van der Waals surface area contributed by atoms with Gasteiger partial charge in [0.05, 0.1) is 0 Å². The van der Waals surface area contributed by atoms with Crippen LogP contribution in [0, 0.1) is 0 Å². The molecule has 2 rings (SSSR count). The summed E-state index contributed by atoms with van der Waals surface area (Å²) < 4.78 is 0. The molecule has 1 heterocycles. The van der Waals surface area contributed by atoms with Crippen LogP contribution in [0.25, 0.3) is 0 Å². The fraction of sp³-hybridized carbons (Fsp3) is 0.750. The number of nitrogens with two attached hydrogens (primary N) is 1. The maximum absolute atomic E-state index is 5.95. The van der Waals surface area contributed by atoms with Crippen LogP contribution < -0.4 is 11.3 Å². The number of likely N-dealkylation sites (N-methyl/N-ethyl adjacent to an activating group) is 1. The normalized spacial score (nSPS) is 19.6. The fourth-order valence-corrected chi connectivity index (χ4v) is 4.68. The van der Waals surface area contributed by atoms with E-state index in [0.717, 1.165) is 25.9 Å². The van der Waals surface area contributed by atoms with Crippen molar-refractivity contribution < 1.29 is 0 Å². The Balaban J connectivity index is 2.08. The van der Waals surface area contributed by atoms with Crippen molar-refractivity contribution in [3.8, 4) is 0 Å². The van der Waals surface area contributed by atoms with E-state index in [9.17, 15) is 0 Å². The van der Waals surface area contributed by atoms with Gasteiger partial charge in [0, 0.05) is 11.6 Å². The molecule has 1 aliphatic carbocycles. The van der Waals surface area contributed by atoms with E-state index >= 15 is 0 Å². The lowest BCUT2D eigenvalue weighted by atomic mass is 9.83. The second-order valence-electron chi connectivity index (χ2n) is 5.87. The number of aryl methyl sites for hydroxylation is 1. The Morgan fingerprint density at radius 3 is 2.55 bits per heavy atom. The molecule has 1 unspecified atom stereocenters. The molecule has 114 valence electrons. The summed E-state index contributed by atoms with van der Waals surface area (Å²) in [5.41, 5.74) is 4.88. The highest BCUT2D eigenvalue weighted by atomic mass is 32.1. The molecular formula is C16H29N3S. The van der Waals surface area contributed by atoms with Crippen LogP contribution >= 0.6 is 11.3 Å². The van der Waals surface area contributed by atoms with Crippen LogP contribution in [0.5, 0.6) is 0 Å². The maximum Gasteiger partial charge on any atom is 0.0397 e. The van der Waals surface area contributed by atoms with E-state index in [4.69, 9.17) is 5.84 Å². The largest absolute Gasteiger partial charge is 0.297 e. The molecule has 0 amide bonds. The maximum atomic E-state index is 5.95. The minimum atomic E-state index is 0.272. The first-order valence-corrected chi connectivity index (χ1v) is 8.93. The molecular weight excluding hydrogens is 266 g/mol. The van der Waals surface area contributed by atoms with Crippen LogP contribution in [-0.2, 0) is 6.42 Å². The van der Waals surface area contributed by atoms with Crippen molar-refractivity contribution in [2.45, 2.75) is 64.0 Å². The van der Waals surface area contributed by atoms with Gasteiger partial charge in [0.2, 0.25) is 0 Å². The van der Waals surface area contributed by atoms with E-state index in [-0.39, 0.29) is 5.54 Å². The molecule has 1 fully saturated rings. The average molecular weight is 295 g/mol. The second kappa shape index (κ2) is 7.55. The first-order chi connectivity index (χ1) is 9.76. The van der Waals surface area contributed by atoms with E-state index in [1.54, 1.807) is 11.3 Å². The Hall–Kier alpha value is -0.420. The number of nitrogens with zero attached hydrogens (tertiary/aromatic N) is 1. The molecule has 4 heteroatoms. The van der Waals surface area contributed by atoms with Crippen LogP contribution in [0.1, 0.15) is 51.5 Å². The van der Waals surface area contributed by atoms with Crippen LogP contribution in [0.2, 0.25) is 0 Å². The lowest BCUT2D eigenvalue weighted by Gasteiger charge is -2.46. The second-order valence-corrected chi connectivity index (χ2v) is 6.65. The van der Waals surface area contributed by atoms with Crippen molar-refractivity contribution in [3.63, 3.8) is 0 Å². The van der Waals surface area contributed by atoms with Crippen LogP contribution in [0.3, 0.4) is 0 Å². The summed E-state index contributed by atoms with van der Waals surface area (Å²) in [6, 6.07) is 2.63. The van der Waals surface area contributed by atoms with E-state index < -0.39 is 0 Å². The lowest BCUT2D eigenvalue weighted by molar-refractivity contribution is 0.0597. The number of hydrogen-bond donors (Lipinski definition) is 2. The minimum Gasteiger partial charge on any atom is -0.297 e. The predicted octanol–water partition coefficient (Wildman–Crippen LogP) is 3.17. The molecule has 3 N–H and O–H groups in total. The van der Waals surface area contributed by atoms with Gasteiger partial charge in [0.15, 0.2) is 0 Å². The summed E-state index contributed by atoms with van der Waals surface area (Å²) in [7, 11) is 0. The smallest absolute Gasteiger partial charge is 0.0397 e. The third-order valence-corrected chi connectivity index (χ3v) is 5.75. The number of hydrogen-bond acceptors (Lipinski definition) is 4. The molecule has 0 bridgehead atoms. The lowest BCUT2D eigenvalue weighted by Crippen LogP contribution is -2.61. The van der Waals surface area contributed by atoms with Crippen LogP contribution in [0.15, 0.2) is 16.8 Å². The number of nitrogens with one attached hydrogen (secondary N) is 1. The van der Waals surface area contributed by atoms with Crippen molar-refractivity contribution >= 4 is 11.3 Å². The number of rotatable bonds is 8. The van der Waals surface area contributed by atoms with E-state index in [2.05, 4.69) is 41.0 Å². The van der Waals surface area contributed by atoms with Crippen molar-refractivity contribution in [1.82, 2.24) is 10.3 Å². The van der Waals surface area contributed by atoms with Crippen LogP contribution in [-0.4, -0.2) is 29.6 Å². The predicted molar refractivity (Wildman–Crippen MR) is 87.9 cm³/mol. The molecule has 1 aromatic heterocycles. The number of thiophene rings is 1. The van der Waals surface area contributed by atoms with Gasteiger partial charge < -0.3 is 0 Å². The monoisotopic (exact) mass is 295 g/mol. The quantitative estimate of drug-likeness (QED) is 0.572. The standard InChI is InChI=1S/C16H29N3S/c1-3-19(4-2)16(10-5-6-11-16)15(18-17)8-7-14-9-12-20-13-14/h9,12-13,15,18H,3-8,10-11,17H2,1-2H3. The zero-order valence-corrected chi connectivity index (χ0v) is 13.7. The molecule has 1 aliphatic rings. The molecule has 0 aliphatic heterocycles. The highest BCUT2D eigenvalue weighted by Gasteiger charge is 2.44. The van der Waals surface area contributed by atoms with Gasteiger partial charge in [-0.2, -0.15) is 11.3 Å². The van der Waals surface area contributed by atoms with Gasteiger partial charge in [-0.3, -0.25) is 16.2 Å². The zero-order chi connectivity index (χ0) is 14.4. The summed E-state index contributed by atoms with van der Waals surface area (Å²) >= 11 is 1.78. The Morgan fingerprint density at radius 1 is 1.35 bits per heavy atom. The van der Waals surface area contributed by atoms with Gasteiger partial charge >= 0.3 is 0 Å².